The molecular weight excluding hydrogens is 267 g/mol. The van der Waals surface area contributed by atoms with Crippen LogP contribution >= 0.6 is 0 Å². The fraction of sp³-hybridized carbons (Fsp3) is 0.588. The van der Waals surface area contributed by atoms with Crippen LogP contribution in [0.4, 0.5) is 4.39 Å². The van der Waals surface area contributed by atoms with Crippen LogP contribution in [0.5, 0.6) is 0 Å². The van der Waals surface area contributed by atoms with Gasteiger partial charge in [-0.25, -0.2) is 4.39 Å². The second kappa shape index (κ2) is 6.14. The van der Waals surface area contributed by atoms with Crippen LogP contribution in [0.2, 0.25) is 0 Å². The molecule has 1 atom stereocenters. The average molecular weight is 290 g/mol. The van der Waals surface area contributed by atoms with Crippen molar-refractivity contribution in [3.63, 3.8) is 0 Å². The predicted molar refractivity (Wildman–Crippen MR) is 80.9 cm³/mol. The van der Waals surface area contributed by atoms with Crippen LogP contribution in [0.3, 0.4) is 0 Å². The molecule has 114 valence electrons. The van der Waals surface area contributed by atoms with E-state index >= 15 is 0 Å². The van der Waals surface area contributed by atoms with Crippen LogP contribution in [-0.2, 0) is 0 Å². The van der Waals surface area contributed by atoms with Gasteiger partial charge in [-0.05, 0) is 63.4 Å². The predicted octanol–water partition coefficient (Wildman–Crippen LogP) is 2.83. The lowest BCUT2D eigenvalue weighted by Crippen LogP contribution is -2.42. The van der Waals surface area contributed by atoms with Crippen LogP contribution in [0.15, 0.2) is 18.2 Å². The largest absolute Gasteiger partial charge is 0.334 e. The molecule has 2 aliphatic heterocycles. The van der Waals surface area contributed by atoms with Gasteiger partial charge in [0, 0.05) is 24.7 Å². The van der Waals surface area contributed by atoms with E-state index in [4.69, 9.17) is 0 Å². The normalized spacial score (nSPS) is 23.0. The zero-order valence-electron chi connectivity index (χ0n) is 12.6. The molecule has 21 heavy (non-hydrogen) atoms. The molecule has 2 saturated heterocycles. The highest BCUT2D eigenvalue weighted by Crippen LogP contribution is 2.23. The minimum absolute atomic E-state index is 0.0180. The van der Waals surface area contributed by atoms with Gasteiger partial charge in [-0.15, -0.1) is 0 Å². The first-order valence-corrected chi connectivity index (χ1v) is 7.94. The summed E-state index contributed by atoms with van der Waals surface area (Å²) in [6.45, 7) is 5.79. The lowest BCUT2D eigenvalue weighted by Gasteiger charge is -2.28. The Kier molecular flexibility index (Phi) is 4.24. The molecule has 3 nitrogen and oxygen atoms in total. The number of halogens is 1. The zero-order chi connectivity index (χ0) is 14.8. The third-order valence-electron chi connectivity index (χ3n) is 4.72. The molecular formula is C17H23FN2O. The minimum atomic E-state index is -0.295. The monoisotopic (exact) mass is 290 g/mol. The lowest BCUT2D eigenvalue weighted by atomic mass is 10.1. The van der Waals surface area contributed by atoms with Gasteiger partial charge in [0.15, 0.2) is 0 Å². The maximum Gasteiger partial charge on any atom is 0.254 e. The van der Waals surface area contributed by atoms with E-state index in [9.17, 15) is 9.18 Å². The van der Waals surface area contributed by atoms with Crippen molar-refractivity contribution in [2.24, 2.45) is 0 Å². The van der Waals surface area contributed by atoms with E-state index in [-0.39, 0.29) is 11.7 Å². The molecule has 0 N–H and O–H groups in total. The first kappa shape index (κ1) is 14.5. The third kappa shape index (κ3) is 3.10. The van der Waals surface area contributed by atoms with Crippen molar-refractivity contribution >= 4 is 5.91 Å². The van der Waals surface area contributed by atoms with Gasteiger partial charge < -0.3 is 9.80 Å². The molecule has 0 aromatic heterocycles. The maximum atomic E-state index is 13.7. The number of hydrogen-bond donors (Lipinski definition) is 0. The summed E-state index contributed by atoms with van der Waals surface area (Å²) in [7, 11) is 0. The Balaban J connectivity index is 1.71. The lowest BCUT2D eigenvalue weighted by molar-refractivity contribution is 0.0708. The number of likely N-dealkylation sites (tertiary alicyclic amines) is 2. The zero-order valence-corrected chi connectivity index (χ0v) is 12.6. The fourth-order valence-corrected chi connectivity index (χ4v) is 3.45. The summed E-state index contributed by atoms with van der Waals surface area (Å²) in [5.74, 6) is -0.313. The van der Waals surface area contributed by atoms with Crippen LogP contribution in [0.1, 0.15) is 41.6 Å². The maximum absolute atomic E-state index is 13.7. The Hall–Kier alpha value is -1.42. The van der Waals surface area contributed by atoms with Crippen LogP contribution in [-0.4, -0.2) is 47.9 Å². The van der Waals surface area contributed by atoms with Crippen LogP contribution in [0, 0.1) is 12.7 Å². The van der Waals surface area contributed by atoms with Gasteiger partial charge >= 0.3 is 0 Å². The molecule has 0 radical (unpaired) electrons. The third-order valence-corrected chi connectivity index (χ3v) is 4.72. The molecule has 2 aliphatic rings. The van der Waals surface area contributed by atoms with E-state index < -0.39 is 0 Å². The first-order valence-electron chi connectivity index (χ1n) is 7.94. The number of carbonyl (C=O) groups is 1. The minimum Gasteiger partial charge on any atom is -0.334 e. The highest BCUT2D eigenvalue weighted by atomic mass is 19.1. The van der Waals surface area contributed by atoms with Gasteiger partial charge in [0.25, 0.3) is 5.91 Å². The van der Waals surface area contributed by atoms with Crippen molar-refractivity contribution in [2.45, 2.75) is 38.6 Å². The molecule has 3 rings (SSSR count). The molecule has 0 aliphatic carbocycles. The molecule has 4 heteroatoms. The first-order chi connectivity index (χ1) is 10.1. The second-order valence-electron chi connectivity index (χ2n) is 6.27. The number of hydrogen-bond acceptors (Lipinski definition) is 2. The Morgan fingerprint density at radius 3 is 2.71 bits per heavy atom. The van der Waals surface area contributed by atoms with E-state index in [0.29, 0.717) is 17.2 Å². The van der Waals surface area contributed by atoms with Crippen molar-refractivity contribution in [3.05, 3.63) is 35.1 Å². The van der Waals surface area contributed by atoms with Crippen LogP contribution in [0.25, 0.3) is 0 Å². The summed E-state index contributed by atoms with van der Waals surface area (Å²) in [5.41, 5.74) is 1.06. The fourth-order valence-electron chi connectivity index (χ4n) is 3.45. The molecule has 0 saturated carbocycles. The van der Waals surface area contributed by atoms with Crippen molar-refractivity contribution in [1.82, 2.24) is 9.80 Å². The number of aryl methyl sites for hydroxylation is 1. The Morgan fingerprint density at radius 2 is 2.00 bits per heavy atom. The number of benzene rings is 1. The molecule has 2 fully saturated rings. The molecule has 0 bridgehead atoms. The van der Waals surface area contributed by atoms with E-state index in [0.717, 1.165) is 39.0 Å². The van der Waals surface area contributed by atoms with Gasteiger partial charge in [-0.2, -0.15) is 0 Å². The summed E-state index contributed by atoms with van der Waals surface area (Å²) in [6.07, 6.45) is 4.66. The van der Waals surface area contributed by atoms with E-state index in [1.54, 1.807) is 19.1 Å². The summed E-state index contributed by atoms with van der Waals surface area (Å²) < 4.78 is 13.7. The summed E-state index contributed by atoms with van der Waals surface area (Å²) in [6, 6.07) is 5.10. The van der Waals surface area contributed by atoms with E-state index in [2.05, 4.69) is 4.90 Å². The smallest absolute Gasteiger partial charge is 0.254 e. The van der Waals surface area contributed by atoms with E-state index in [1.807, 2.05) is 4.90 Å². The average Bonchev–Trinajstić information content (AvgIpc) is 3.13. The number of nitrogens with zero attached hydrogens (tertiary/aromatic N) is 2. The topological polar surface area (TPSA) is 23.6 Å². The van der Waals surface area contributed by atoms with Gasteiger partial charge in [0.05, 0.1) is 0 Å². The standard InChI is InChI=1S/C17H23FN2O/c1-13-6-7-14(11-16(13)18)17(21)20-10-4-5-15(20)12-19-8-2-3-9-19/h6-7,11,15H,2-5,8-10,12H2,1H3/t15-/m0/s1. The summed E-state index contributed by atoms with van der Waals surface area (Å²) in [5, 5.41) is 0. The van der Waals surface area contributed by atoms with Gasteiger partial charge in [0.2, 0.25) is 0 Å². The van der Waals surface area contributed by atoms with E-state index in [1.165, 1.54) is 18.9 Å². The van der Waals surface area contributed by atoms with Crippen molar-refractivity contribution in [2.75, 3.05) is 26.2 Å². The van der Waals surface area contributed by atoms with Crippen molar-refractivity contribution < 1.29 is 9.18 Å². The van der Waals surface area contributed by atoms with Crippen molar-refractivity contribution in [3.8, 4) is 0 Å². The Bertz CT molecular complexity index is 526. The van der Waals surface area contributed by atoms with Crippen molar-refractivity contribution in [1.29, 1.82) is 0 Å². The second-order valence-corrected chi connectivity index (χ2v) is 6.27. The van der Waals surface area contributed by atoms with Gasteiger partial charge in [-0.3, -0.25) is 4.79 Å². The highest BCUT2D eigenvalue weighted by molar-refractivity contribution is 5.94. The molecule has 1 amide bonds. The quantitative estimate of drug-likeness (QED) is 0.854. The molecule has 1 aromatic rings. The van der Waals surface area contributed by atoms with Crippen LogP contribution < -0.4 is 0 Å². The molecule has 0 unspecified atom stereocenters. The molecule has 1 aromatic carbocycles. The number of amides is 1. The SMILES string of the molecule is Cc1ccc(C(=O)N2CCC[C@H]2CN2CCCC2)cc1F. The highest BCUT2D eigenvalue weighted by Gasteiger charge is 2.31. The number of carbonyl (C=O) groups excluding carboxylic acids is 1. The Labute approximate surface area is 125 Å². The molecule has 2 heterocycles. The Morgan fingerprint density at radius 1 is 1.24 bits per heavy atom. The summed E-state index contributed by atoms with van der Waals surface area (Å²) in [4.78, 5) is 17.0. The van der Waals surface area contributed by atoms with Gasteiger partial charge in [0.1, 0.15) is 5.82 Å². The summed E-state index contributed by atoms with van der Waals surface area (Å²) >= 11 is 0. The van der Waals surface area contributed by atoms with Gasteiger partial charge in [-0.1, -0.05) is 6.07 Å². The number of rotatable bonds is 3. The molecule has 0 spiro atoms.